The second-order valence-electron chi connectivity index (χ2n) is 6.57. The number of imidazole rings is 1. The number of aromatic amines is 1. The van der Waals surface area contributed by atoms with Gasteiger partial charge in [-0.2, -0.15) is 4.98 Å². The lowest BCUT2D eigenvalue weighted by Gasteiger charge is -2.36. The third-order valence-corrected chi connectivity index (χ3v) is 4.20. The van der Waals surface area contributed by atoms with Crippen molar-refractivity contribution in [3.63, 3.8) is 0 Å². The fraction of sp³-hybridized carbons (Fsp3) is 0.667. The van der Waals surface area contributed by atoms with Gasteiger partial charge in [0.15, 0.2) is 17.3 Å². The highest BCUT2D eigenvalue weighted by atomic mass is 19.1. The van der Waals surface area contributed by atoms with Crippen molar-refractivity contribution in [3.8, 4) is 0 Å². The van der Waals surface area contributed by atoms with Crippen LogP contribution >= 0.6 is 0 Å². The molecule has 0 aromatic carbocycles. The summed E-state index contributed by atoms with van der Waals surface area (Å²) in [4.78, 5) is 23.1. The van der Waals surface area contributed by atoms with Gasteiger partial charge in [-0.05, 0) is 5.92 Å². The predicted molar refractivity (Wildman–Crippen MR) is 88.2 cm³/mol. The molecule has 1 fully saturated rings. The third kappa shape index (κ3) is 3.37. The Hall–Kier alpha value is -2.04. The van der Waals surface area contributed by atoms with Crippen molar-refractivity contribution in [2.24, 2.45) is 5.92 Å². The number of hydrogen-bond donors (Lipinski definition) is 4. The number of anilines is 1. The molecule has 0 spiro atoms. The SMILES string of the molecule is CC(C)CNc1nc2c(ncn2C2COC(CO)C(O)C2F)c(=O)[nH]1. The van der Waals surface area contributed by atoms with Gasteiger partial charge in [0.05, 0.1) is 25.6 Å². The van der Waals surface area contributed by atoms with Crippen LogP contribution in [0, 0.1) is 5.92 Å². The molecule has 138 valence electrons. The van der Waals surface area contributed by atoms with Gasteiger partial charge < -0.3 is 24.8 Å². The fourth-order valence-corrected chi connectivity index (χ4v) is 2.79. The first-order chi connectivity index (χ1) is 11.9. The normalized spacial score (nSPS) is 27.1. The van der Waals surface area contributed by atoms with Gasteiger partial charge in [-0.15, -0.1) is 0 Å². The molecule has 3 rings (SSSR count). The van der Waals surface area contributed by atoms with E-state index >= 15 is 0 Å². The van der Waals surface area contributed by atoms with Gasteiger partial charge in [0.2, 0.25) is 5.95 Å². The van der Waals surface area contributed by atoms with Gasteiger partial charge >= 0.3 is 0 Å². The maximum atomic E-state index is 14.6. The van der Waals surface area contributed by atoms with Crippen molar-refractivity contribution in [2.45, 2.75) is 38.3 Å². The van der Waals surface area contributed by atoms with Gasteiger partial charge in [-0.1, -0.05) is 13.8 Å². The highest BCUT2D eigenvalue weighted by Gasteiger charge is 2.41. The fourth-order valence-electron chi connectivity index (χ4n) is 2.79. The van der Waals surface area contributed by atoms with E-state index in [1.807, 2.05) is 13.8 Å². The molecule has 0 saturated carbocycles. The van der Waals surface area contributed by atoms with Crippen molar-refractivity contribution >= 4 is 17.1 Å². The molecule has 1 aliphatic rings. The van der Waals surface area contributed by atoms with Gasteiger partial charge in [0.25, 0.3) is 5.56 Å². The Kier molecular flexibility index (Phi) is 5.02. The van der Waals surface area contributed by atoms with Crippen molar-refractivity contribution < 1.29 is 19.3 Å². The van der Waals surface area contributed by atoms with Crippen molar-refractivity contribution in [1.82, 2.24) is 19.5 Å². The molecule has 2 aromatic rings. The molecule has 0 radical (unpaired) electrons. The van der Waals surface area contributed by atoms with Crippen molar-refractivity contribution in [2.75, 3.05) is 25.1 Å². The number of rotatable bonds is 5. The lowest BCUT2D eigenvalue weighted by atomic mass is 9.99. The highest BCUT2D eigenvalue weighted by Crippen LogP contribution is 2.29. The van der Waals surface area contributed by atoms with Crippen molar-refractivity contribution in [1.29, 1.82) is 0 Å². The van der Waals surface area contributed by atoms with E-state index in [2.05, 4.69) is 20.3 Å². The van der Waals surface area contributed by atoms with Gasteiger partial charge in [0, 0.05) is 6.54 Å². The van der Waals surface area contributed by atoms with Crippen LogP contribution in [-0.4, -0.2) is 67.9 Å². The molecule has 10 heteroatoms. The number of nitrogens with zero attached hydrogens (tertiary/aromatic N) is 3. The Morgan fingerprint density at radius 1 is 1.56 bits per heavy atom. The van der Waals surface area contributed by atoms with Crippen molar-refractivity contribution in [3.05, 3.63) is 16.7 Å². The Bertz CT molecular complexity index is 792. The first kappa shape index (κ1) is 17.8. The summed E-state index contributed by atoms with van der Waals surface area (Å²) in [6.45, 7) is 4.09. The summed E-state index contributed by atoms with van der Waals surface area (Å²) in [6.07, 6.45) is -2.81. The quantitative estimate of drug-likeness (QED) is 0.586. The number of ether oxygens (including phenoxy) is 1. The molecule has 9 nitrogen and oxygen atoms in total. The summed E-state index contributed by atoms with van der Waals surface area (Å²) in [6, 6.07) is -0.893. The number of aromatic nitrogens is 4. The molecule has 4 unspecified atom stereocenters. The monoisotopic (exact) mass is 355 g/mol. The lowest BCUT2D eigenvalue weighted by Crippen LogP contribution is -2.50. The van der Waals surface area contributed by atoms with Crippen LogP contribution in [0.4, 0.5) is 10.3 Å². The number of halogens is 1. The van der Waals surface area contributed by atoms with E-state index < -0.39 is 36.6 Å². The van der Waals surface area contributed by atoms with E-state index in [-0.39, 0.29) is 23.7 Å². The van der Waals surface area contributed by atoms with Crippen LogP contribution in [0.2, 0.25) is 0 Å². The summed E-state index contributed by atoms with van der Waals surface area (Å²) in [7, 11) is 0. The molecule has 0 aliphatic carbocycles. The first-order valence-corrected chi connectivity index (χ1v) is 8.17. The minimum absolute atomic E-state index is 0.0713. The number of aliphatic hydroxyl groups is 2. The molecular weight excluding hydrogens is 333 g/mol. The smallest absolute Gasteiger partial charge is 0.280 e. The standard InChI is InChI=1S/C15H22FN5O4/c1-7(2)3-17-15-19-13-11(14(24)20-15)18-6-21(13)8-5-25-9(4-22)12(23)10(8)16/h6-10,12,22-23H,3-5H2,1-2H3,(H2,17,19,20,24). The van der Waals surface area contributed by atoms with E-state index in [4.69, 9.17) is 9.84 Å². The maximum Gasteiger partial charge on any atom is 0.280 e. The number of fused-ring (bicyclic) bond motifs is 1. The van der Waals surface area contributed by atoms with E-state index in [0.717, 1.165) is 0 Å². The van der Waals surface area contributed by atoms with Crippen LogP contribution in [0.5, 0.6) is 0 Å². The number of nitrogens with one attached hydrogen (secondary N) is 2. The molecule has 4 N–H and O–H groups in total. The zero-order chi connectivity index (χ0) is 18.1. The van der Waals surface area contributed by atoms with Gasteiger partial charge in [-0.25, -0.2) is 9.37 Å². The molecular formula is C15H22FN5O4. The molecule has 0 bridgehead atoms. The average Bonchev–Trinajstić information content (AvgIpc) is 3.00. The van der Waals surface area contributed by atoms with Crippen LogP contribution in [0.25, 0.3) is 11.2 Å². The molecule has 25 heavy (non-hydrogen) atoms. The number of H-pyrrole nitrogens is 1. The number of alkyl halides is 1. The minimum Gasteiger partial charge on any atom is -0.394 e. The Morgan fingerprint density at radius 2 is 2.32 bits per heavy atom. The zero-order valence-corrected chi connectivity index (χ0v) is 14.0. The van der Waals surface area contributed by atoms with Gasteiger partial charge in [-0.3, -0.25) is 9.78 Å². The van der Waals surface area contributed by atoms with Gasteiger partial charge in [0.1, 0.15) is 12.2 Å². The summed E-state index contributed by atoms with van der Waals surface area (Å²) in [5.41, 5.74) is -0.141. The van der Waals surface area contributed by atoms with Crippen LogP contribution in [0.3, 0.4) is 0 Å². The van der Waals surface area contributed by atoms with E-state index in [0.29, 0.717) is 12.5 Å². The average molecular weight is 355 g/mol. The summed E-state index contributed by atoms with van der Waals surface area (Å²) in [5, 5.41) is 22.1. The first-order valence-electron chi connectivity index (χ1n) is 8.17. The van der Waals surface area contributed by atoms with E-state index in [1.165, 1.54) is 10.9 Å². The summed E-state index contributed by atoms with van der Waals surface area (Å²) < 4.78 is 21.3. The Labute approximate surface area is 142 Å². The molecule has 3 heterocycles. The Balaban J connectivity index is 1.95. The van der Waals surface area contributed by atoms with E-state index in [1.54, 1.807) is 0 Å². The minimum atomic E-state index is -1.68. The van der Waals surface area contributed by atoms with Crippen LogP contribution in [0.1, 0.15) is 19.9 Å². The molecule has 1 saturated heterocycles. The largest absolute Gasteiger partial charge is 0.394 e. The molecule has 1 aliphatic heterocycles. The van der Waals surface area contributed by atoms with Crippen LogP contribution < -0.4 is 10.9 Å². The second-order valence-corrected chi connectivity index (χ2v) is 6.57. The topological polar surface area (TPSA) is 125 Å². The Morgan fingerprint density at radius 3 is 3.00 bits per heavy atom. The summed E-state index contributed by atoms with van der Waals surface area (Å²) >= 11 is 0. The number of aliphatic hydroxyl groups excluding tert-OH is 2. The lowest BCUT2D eigenvalue weighted by molar-refractivity contribution is -0.148. The second kappa shape index (κ2) is 7.06. The van der Waals surface area contributed by atoms with Crippen LogP contribution in [-0.2, 0) is 4.74 Å². The van der Waals surface area contributed by atoms with Crippen LogP contribution in [0.15, 0.2) is 11.1 Å². The molecule has 4 atom stereocenters. The zero-order valence-electron chi connectivity index (χ0n) is 14.0. The number of hydrogen-bond acceptors (Lipinski definition) is 7. The highest BCUT2D eigenvalue weighted by molar-refractivity contribution is 5.71. The molecule has 0 amide bonds. The third-order valence-electron chi connectivity index (χ3n) is 4.20. The van der Waals surface area contributed by atoms with E-state index in [9.17, 15) is 14.3 Å². The summed E-state index contributed by atoms with van der Waals surface area (Å²) in [5.74, 6) is 0.618. The molecule has 2 aromatic heterocycles. The predicted octanol–water partition coefficient (Wildman–Crippen LogP) is -0.181. The maximum absolute atomic E-state index is 14.6.